The molecule has 1 N–H and O–H groups in total. The molecule has 0 unspecified atom stereocenters. The van der Waals surface area contributed by atoms with Gasteiger partial charge in [-0.25, -0.2) is 0 Å². The molecule has 0 radical (unpaired) electrons. The minimum atomic E-state index is 0.0843. The molecule has 1 aromatic heterocycles. The van der Waals surface area contributed by atoms with Gasteiger partial charge in [-0.3, -0.25) is 9.78 Å². The van der Waals surface area contributed by atoms with Gasteiger partial charge < -0.3 is 10.2 Å². The van der Waals surface area contributed by atoms with Crippen LogP contribution in [0.5, 0.6) is 0 Å². The molecular weight excluding hydrogens is 250 g/mol. The third-order valence-corrected chi connectivity index (χ3v) is 4.12. The molecule has 0 aliphatic carbocycles. The fourth-order valence-corrected chi connectivity index (χ4v) is 2.59. The van der Waals surface area contributed by atoms with Gasteiger partial charge in [0.25, 0.3) is 5.91 Å². The van der Waals surface area contributed by atoms with Crippen molar-refractivity contribution in [3.05, 3.63) is 29.1 Å². The highest BCUT2D eigenvalue weighted by Crippen LogP contribution is 2.27. The Morgan fingerprint density at radius 2 is 2.00 bits per heavy atom. The van der Waals surface area contributed by atoms with Gasteiger partial charge in [0.05, 0.1) is 11.3 Å². The van der Waals surface area contributed by atoms with Gasteiger partial charge in [-0.05, 0) is 58.8 Å². The quantitative estimate of drug-likeness (QED) is 0.921. The van der Waals surface area contributed by atoms with E-state index < -0.39 is 0 Å². The molecule has 0 aromatic carbocycles. The summed E-state index contributed by atoms with van der Waals surface area (Å²) < 4.78 is 0. The summed E-state index contributed by atoms with van der Waals surface area (Å²) in [5.41, 5.74) is 2.75. The van der Waals surface area contributed by atoms with Gasteiger partial charge in [-0.1, -0.05) is 0 Å². The number of aryl methyl sites for hydroxylation is 1. The summed E-state index contributed by atoms with van der Waals surface area (Å²) in [5, 5.41) is 3.37. The molecule has 20 heavy (non-hydrogen) atoms. The molecule has 4 nitrogen and oxygen atoms in total. The first-order valence-electron chi connectivity index (χ1n) is 7.46. The van der Waals surface area contributed by atoms with E-state index >= 15 is 0 Å². The summed E-state index contributed by atoms with van der Waals surface area (Å²) in [7, 11) is 1.86. The molecule has 2 rings (SSSR count). The van der Waals surface area contributed by atoms with Crippen LogP contribution in [0.15, 0.2) is 12.1 Å². The molecule has 1 aliphatic heterocycles. The minimum absolute atomic E-state index is 0.0843. The summed E-state index contributed by atoms with van der Waals surface area (Å²) >= 11 is 0. The number of hydrogen-bond donors (Lipinski definition) is 1. The smallest absolute Gasteiger partial charge is 0.255 e. The van der Waals surface area contributed by atoms with Crippen LogP contribution < -0.4 is 5.32 Å². The molecule has 0 atom stereocenters. The molecule has 1 amide bonds. The lowest BCUT2D eigenvalue weighted by Crippen LogP contribution is -2.35. The third-order valence-electron chi connectivity index (χ3n) is 4.12. The zero-order chi connectivity index (χ0) is 14.7. The van der Waals surface area contributed by atoms with Crippen LogP contribution in [0.1, 0.15) is 54.4 Å². The first-order chi connectivity index (χ1) is 9.50. The Hall–Kier alpha value is -1.42. The molecule has 1 aliphatic rings. The van der Waals surface area contributed by atoms with E-state index in [1.807, 2.05) is 40.0 Å². The van der Waals surface area contributed by atoms with Crippen molar-refractivity contribution < 1.29 is 4.79 Å². The number of pyridine rings is 1. The summed E-state index contributed by atoms with van der Waals surface area (Å²) in [6, 6.07) is 4.08. The number of carbonyl (C=O) groups excluding carboxylic acids is 1. The number of hydrogen-bond acceptors (Lipinski definition) is 3. The number of rotatable bonds is 3. The maximum absolute atomic E-state index is 12.6. The predicted molar refractivity (Wildman–Crippen MR) is 81.0 cm³/mol. The van der Waals surface area contributed by atoms with E-state index in [-0.39, 0.29) is 11.9 Å². The third kappa shape index (κ3) is 3.18. The van der Waals surface area contributed by atoms with Crippen molar-refractivity contribution in [2.45, 2.75) is 45.6 Å². The van der Waals surface area contributed by atoms with Gasteiger partial charge in [-0.15, -0.1) is 0 Å². The van der Waals surface area contributed by atoms with E-state index in [0.717, 1.165) is 42.9 Å². The standard InChI is InChI=1S/C16H25N3O/c1-11(2)19(4)16(20)14-6-5-12(3)18-15(14)13-7-9-17-10-8-13/h5-6,11,13,17H,7-10H2,1-4H3. The first-order valence-corrected chi connectivity index (χ1v) is 7.46. The van der Waals surface area contributed by atoms with Gasteiger partial charge in [0, 0.05) is 24.7 Å². The van der Waals surface area contributed by atoms with Crippen molar-refractivity contribution in [2.24, 2.45) is 0 Å². The van der Waals surface area contributed by atoms with Crippen molar-refractivity contribution in [1.82, 2.24) is 15.2 Å². The minimum Gasteiger partial charge on any atom is -0.339 e. The molecule has 2 heterocycles. The van der Waals surface area contributed by atoms with Gasteiger partial charge in [0.2, 0.25) is 0 Å². The second kappa shape index (κ2) is 6.35. The van der Waals surface area contributed by atoms with E-state index in [9.17, 15) is 4.79 Å². The summed E-state index contributed by atoms with van der Waals surface area (Å²) in [4.78, 5) is 19.1. The topological polar surface area (TPSA) is 45.2 Å². The number of aromatic nitrogens is 1. The Morgan fingerprint density at radius 1 is 1.35 bits per heavy atom. The fourth-order valence-electron chi connectivity index (χ4n) is 2.59. The lowest BCUT2D eigenvalue weighted by atomic mass is 9.90. The summed E-state index contributed by atoms with van der Waals surface area (Å²) in [6.07, 6.45) is 2.12. The van der Waals surface area contributed by atoms with Gasteiger partial charge in [0.15, 0.2) is 0 Å². The second-order valence-corrected chi connectivity index (χ2v) is 5.92. The Balaban J connectivity index is 2.34. The maximum Gasteiger partial charge on any atom is 0.255 e. The van der Waals surface area contributed by atoms with Crippen LogP contribution in [-0.4, -0.2) is 42.0 Å². The van der Waals surface area contributed by atoms with Gasteiger partial charge >= 0.3 is 0 Å². The second-order valence-electron chi connectivity index (χ2n) is 5.92. The Morgan fingerprint density at radius 3 is 2.60 bits per heavy atom. The molecule has 0 bridgehead atoms. The lowest BCUT2D eigenvalue weighted by Gasteiger charge is -2.27. The molecule has 0 saturated carbocycles. The SMILES string of the molecule is Cc1ccc(C(=O)N(C)C(C)C)c(C2CCNCC2)n1. The summed E-state index contributed by atoms with van der Waals surface area (Å²) in [5.74, 6) is 0.483. The normalized spacial score (nSPS) is 16.4. The Labute approximate surface area is 121 Å². The number of carbonyl (C=O) groups is 1. The Kier molecular flexibility index (Phi) is 4.76. The zero-order valence-corrected chi connectivity index (χ0v) is 12.9. The van der Waals surface area contributed by atoms with Crippen molar-refractivity contribution >= 4 is 5.91 Å². The van der Waals surface area contributed by atoms with E-state index in [2.05, 4.69) is 10.3 Å². The van der Waals surface area contributed by atoms with Gasteiger partial charge in [0.1, 0.15) is 0 Å². The molecule has 110 valence electrons. The molecule has 1 aromatic rings. The van der Waals surface area contributed by atoms with Crippen LogP contribution in [0.3, 0.4) is 0 Å². The fraction of sp³-hybridized carbons (Fsp3) is 0.625. The lowest BCUT2D eigenvalue weighted by molar-refractivity contribution is 0.0752. The predicted octanol–water partition coefficient (Wildman–Crippen LogP) is 2.34. The number of piperidine rings is 1. The van der Waals surface area contributed by atoms with Crippen LogP contribution in [0.4, 0.5) is 0 Å². The average molecular weight is 275 g/mol. The van der Waals surface area contributed by atoms with E-state index in [1.54, 1.807) is 4.90 Å². The molecule has 0 spiro atoms. The molecular formula is C16H25N3O. The van der Waals surface area contributed by atoms with Crippen molar-refractivity contribution in [3.63, 3.8) is 0 Å². The number of nitrogens with one attached hydrogen (secondary N) is 1. The van der Waals surface area contributed by atoms with E-state index in [4.69, 9.17) is 0 Å². The zero-order valence-electron chi connectivity index (χ0n) is 12.9. The maximum atomic E-state index is 12.6. The molecule has 1 saturated heterocycles. The van der Waals surface area contributed by atoms with Crippen LogP contribution in [0, 0.1) is 6.92 Å². The highest BCUT2D eigenvalue weighted by Gasteiger charge is 2.25. The average Bonchev–Trinajstić information content (AvgIpc) is 2.46. The monoisotopic (exact) mass is 275 g/mol. The van der Waals surface area contributed by atoms with Crippen LogP contribution >= 0.6 is 0 Å². The highest BCUT2D eigenvalue weighted by molar-refractivity contribution is 5.95. The van der Waals surface area contributed by atoms with Crippen molar-refractivity contribution in [2.75, 3.05) is 20.1 Å². The summed E-state index contributed by atoms with van der Waals surface area (Å²) in [6.45, 7) is 8.07. The van der Waals surface area contributed by atoms with E-state index in [0.29, 0.717) is 5.92 Å². The van der Waals surface area contributed by atoms with Crippen LogP contribution in [-0.2, 0) is 0 Å². The van der Waals surface area contributed by atoms with Crippen molar-refractivity contribution in [3.8, 4) is 0 Å². The largest absolute Gasteiger partial charge is 0.339 e. The van der Waals surface area contributed by atoms with Gasteiger partial charge in [-0.2, -0.15) is 0 Å². The molecule has 4 heteroatoms. The van der Waals surface area contributed by atoms with Crippen molar-refractivity contribution in [1.29, 1.82) is 0 Å². The first kappa shape index (κ1) is 15.0. The van der Waals surface area contributed by atoms with Crippen LogP contribution in [0.25, 0.3) is 0 Å². The number of amides is 1. The van der Waals surface area contributed by atoms with Crippen LogP contribution in [0.2, 0.25) is 0 Å². The molecule has 1 fully saturated rings. The Bertz CT molecular complexity index is 479. The van der Waals surface area contributed by atoms with E-state index in [1.165, 1.54) is 0 Å². The highest BCUT2D eigenvalue weighted by atomic mass is 16.2. The number of nitrogens with zero attached hydrogens (tertiary/aromatic N) is 2.